The summed E-state index contributed by atoms with van der Waals surface area (Å²) in [5.41, 5.74) is 1.20. The quantitative estimate of drug-likeness (QED) is 0.910. The number of pyridine rings is 1. The zero-order valence-corrected chi connectivity index (χ0v) is 12.8. The first kappa shape index (κ1) is 15.5. The van der Waals surface area contributed by atoms with Gasteiger partial charge < -0.3 is 15.2 Å². The molecule has 0 saturated heterocycles. The van der Waals surface area contributed by atoms with E-state index < -0.39 is 6.10 Å². The smallest absolute Gasteiger partial charge is 0.257 e. The van der Waals surface area contributed by atoms with E-state index in [0.717, 1.165) is 25.7 Å². The lowest BCUT2D eigenvalue weighted by Crippen LogP contribution is -2.34. The van der Waals surface area contributed by atoms with E-state index in [1.54, 1.807) is 42.6 Å². The molecule has 2 unspecified atom stereocenters. The van der Waals surface area contributed by atoms with Crippen LogP contribution in [0.5, 0.6) is 5.75 Å². The maximum Gasteiger partial charge on any atom is 0.257 e. The Kier molecular flexibility index (Phi) is 4.88. The molecule has 1 aromatic heterocycles. The maximum atomic E-state index is 12.0. The third-order valence-corrected chi connectivity index (χ3v) is 3.99. The topological polar surface area (TPSA) is 71.5 Å². The Balaban J connectivity index is 1.60. The van der Waals surface area contributed by atoms with Crippen LogP contribution in [-0.2, 0) is 0 Å². The molecule has 1 aliphatic rings. The molecule has 1 aromatic carbocycles. The number of aromatic nitrogens is 1. The first-order chi connectivity index (χ1) is 11.2. The number of amides is 1. The molecule has 1 fully saturated rings. The summed E-state index contributed by atoms with van der Waals surface area (Å²) in [6.07, 6.45) is 6.43. The van der Waals surface area contributed by atoms with E-state index >= 15 is 0 Å². The summed E-state index contributed by atoms with van der Waals surface area (Å²) < 4.78 is 5.84. The summed E-state index contributed by atoms with van der Waals surface area (Å²) in [7, 11) is 0. The summed E-state index contributed by atoms with van der Waals surface area (Å²) in [4.78, 5) is 16.0. The number of hydrogen-bond donors (Lipinski definition) is 2. The van der Waals surface area contributed by atoms with Crippen LogP contribution in [0.3, 0.4) is 0 Å². The van der Waals surface area contributed by atoms with Crippen molar-refractivity contribution in [2.24, 2.45) is 0 Å². The first-order valence-electron chi connectivity index (χ1n) is 7.88. The lowest BCUT2D eigenvalue weighted by Gasteiger charge is -2.28. The predicted molar refractivity (Wildman–Crippen MR) is 87.5 cm³/mol. The Morgan fingerprint density at radius 3 is 2.65 bits per heavy atom. The van der Waals surface area contributed by atoms with Crippen molar-refractivity contribution in [3.8, 4) is 5.75 Å². The van der Waals surface area contributed by atoms with Crippen LogP contribution in [0.25, 0.3) is 0 Å². The minimum atomic E-state index is -0.395. The summed E-state index contributed by atoms with van der Waals surface area (Å²) in [5, 5.41) is 12.8. The Bertz CT molecular complexity index is 643. The summed E-state index contributed by atoms with van der Waals surface area (Å²) >= 11 is 0. The number of carbonyl (C=O) groups excluding carboxylic acids is 1. The number of hydrogen-bond acceptors (Lipinski definition) is 4. The van der Waals surface area contributed by atoms with Gasteiger partial charge in [-0.3, -0.25) is 9.78 Å². The largest absolute Gasteiger partial charge is 0.488 e. The fourth-order valence-electron chi connectivity index (χ4n) is 2.71. The van der Waals surface area contributed by atoms with Gasteiger partial charge >= 0.3 is 0 Å². The first-order valence-corrected chi connectivity index (χ1v) is 7.88. The van der Waals surface area contributed by atoms with E-state index in [2.05, 4.69) is 10.3 Å². The Morgan fingerprint density at radius 2 is 1.96 bits per heavy atom. The molecule has 1 aliphatic carbocycles. The van der Waals surface area contributed by atoms with E-state index in [0.29, 0.717) is 17.0 Å². The molecular formula is C18H20N2O3. The molecule has 3 rings (SSSR count). The van der Waals surface area contributed by atoms with Crippen LogP contribution in [0.15, 0.2) is 48.8 Å². The molecule has 5 heteroatoms. The lowest BCUT2D eigenvalue weighted by atomic mass is 9.95. The number of aliphatic hydroxyl groups is 1. The van der Waals surface area contributed by atoms with Crippen molar-refractivity contribution in [3.63, 3.8) is 0 Å². The highest BCUT2D eigenvalue weighted by Gasteiger charge is 2.24. The van der Waals surface area contributed by atoms with E-state index in [-0.39, 0.29) is 12.0 Å². The van der Waals surface area contributed by atoms with Crippen molar-refractivity contribution in [3.05, 3.63) is 54.4 Å². The van der Waals surface area contributed by atoms with Crippen LogP contribution < -0.4 is 10.1 Å². The van der Waals surface area contributed by atoms with Gasteiger partial charge in [0.05, 0.1) is 11.7 Å². The highest BCUT2D eigenvalue weighted by molar-refractivity contribution is 6.04. The summed E-state index contributed by atoms with van der Waals surface area (Å²) in [6, 6.07) is 10.6. The summed E-state index contributed by atoms with van der Waals surface area (Å²) in [5.74, 6) is 0.504. The zero-order chi connectivity index (χ0) is 16.1. The van der Waals surface area contributed by atoms with Gasteiger partial charge in [0, 0.05) is 18.1 Å². The predicted octanol–water partition coefficient (Wildman–Crippen LogP) is 3.02. The highest BCUT2D eigenvalue weighted by atomic mass is 16.5. The third kappa shape index (κ3) is 4.07. The minimum absolute atomic E-state index is 0.139. The molecule has 2 aromatic rings. The fourth-order valence-corrected chi connectivity index (χ4v) is 2.71. The molecule has 0 spiro atoms. The van der Waals surface area contributed by atoms with Crippen LogP contribution in [0.1, 0.15) is 36.0 Å². The second-order valence-electron chi connectivity index (χ2n) is 5.73. The Morgan fingerprint density at radius 1 is 1.17 bits per heavy atom. The number of rotatable bonds is 4. The Hall–Kier alpha value is -2.40. The normalized spacial score (nSPS) is 20.7. The number of aliphatic hydroxyl groups excluding tert-OH is 1. The van der Waals surface area contributed by atoms with E-state index in [1.165, 1.54) is 6.20 Å². The van der Waals surface area contributed by atoms with Crippen molar-refractivity contribution in [1.29, 1.82) is 0 Å². The third-order valence-electron chi connectivity index (χ3n) is 3.99. The molecule has 23 heavy (non-hydrogen) atoms. The van der Waals surface area contributed by atoms with Gasteiger partial charge in [0.2, 0.25) is 0 Å². The molecule has 5 nitrogen and oxygen atoms in total. The number of nitrogens with zero attached hydrogens (tertiary/aromatic N) is 1. The van der Waals surface area contributed by atoms with Gasteiger partial charge in [-0.25, -0.2) is 0 Å². The average Bonchev–Trinajstić information content (AvgIpc) is 2.59. The maximum absolute atomic E-state index is 12.0. The molecule has 2 N–H and O–H groups in total. The number of anilines is 1. The van der Waals surface area contributed by atoms with Crippen molar-refractivity contribution in [2.45, 2.75) is 37.9 Å². The van der Waals surface area contributed by atoms with Crippen LogP contribution in [0, 0.1) is 0 Å². The summed E-state index contributed by atoms with van der Waals surface area (Å²) in [6.45, 7) is 0. The average molecular weight is 312 g/mol. The molecule has 0 aliphatic heterocycles. The second-order valence-corrected chi connectivity index (χ2v) is 5.73. The molecule has 1 amide bonds. The zero-order valence-electron chi connectivity index (χ0n) is 12.8. The van der Waals surface area contributed by atoms with Gasteiger partial charge in [-0.2, -0.15) is 0 Å². The highest BCUT2D eigenvalue weighted by Crippen LogP contribution is 2.25. The van der Waals surface area contributed by atoms with Crippen molar-refractivity contribution >= 4 is 11.6 Å². The van der Waals surface area contributed by atoms with Crippen molar-refractivity contribution in [2.75, 3.05) is 5.32 Å². The van der Waals surface area contributed by atoms with E-state index in [9.17, 15) is 9.90 Å². The van der Waals surface area contributed by atoms with Gasteiger partial charge in [-0.1, -0.05) is 6.42 Å². The molecule has 1 heterocycles. The van der Waals surface area contributed by atoms with Gasteiger partial charge in [0.25, 0.3) is 5.91 Å². The van der Waals surface area contributed by atoms with Crippen LogP contribution in [0.4, 0.5) is 5.69 Å². The van der Waals surface area contributed by atoms with E-state index in [4.69, 9.17) is 4.74 Å². The second kappa shape index (κ2) is 7.24. The van der Waals surface area contributed by atoms with Gasteiger partial charge in [-0.15, -0.1) is 0 Å². The molecule has 0 radical (unpaired) electrons. The van der Waals surface area contributed by atoms with Crippen LogP contribution >= 0.6 is 0 Å². The lowest BCUT2D eigenvalue weighted by molar-refractivity contribution is 0.00688. The number of benzene rings is 1. The monoisotopic (exact) mass is 312 g/mol. The van der Waals surface area contributed by atoms with Gasteiger partial charge in [0.1, 0.15) is 11.9 Å². The van der Waals surface area contributed by atoms with Crippen LogP contribution in [0.2, 0.25) is 0 Å². The molecular weight excluding hydrogens is 292 g/mol. The standard InChI is InChI=1S/C18H20N2O3/c21-16-5-1-2-6-17(16)23-15-9-7-14(8-10-15)20-18(22)13-4-3-11-19-12-13/h3-4,7-12,16-17,21H,1-2,5-6H2,(H,20,22). The van der Waals surface area contributed by atoms with Crippen molar-refractivity contribution in [1.82, 2.24) is 4.98 Å². The van der Waals surface area contributed by atoms with Gasteiger partial charge in [0.15, 0.2) is 0 Å². The van der Waals surface area contributed by atoms with Gasteiger partial charge in [-0.05, 0) is 55.7 Å². The molecule has 1 saturated carbocycles. The Labute approximate surface area is 135 Å². The number of nitrogens with one attached hydrogen (secondary N) is 1. The van der Waals surface area contributed by atoms with Crippen LogP contribution in [-0.4, -0.2) is 28.2 Å². The molecule has 120 valence electrons. The van der Waals surface area contributed by atoms with Crippen molar-refractivity contribution < 1.29 is 14.6 Å². The molecule has 0 bridgehead atoms. The number of ether oxygens (including phenoxy) is 1. The fraction of sp³-hybridized carbons (Fsp3) is 0.333. The molecule has 2 atom stereocenters. The number of carbonyl (C=O) groups is 1. The van der Waals surface area contributed by atoms with E-state index in [1.807, 2.05) is 0 Å². The SMILES string of the molecule is O=C(Nc1ccc(OC2CCCCC2O)cc1)c1cccnc1. The minimum Gasteiger partial charge on any atom is -0.488 e.